The van der Waals surface area contributed by atoms with E-state index in [4.69, 9.17) is 37.9 Å². The van der Waals surface area contributed by atoms with Gasteiger partial charge in [-0.25, -0.2) is 0 Å². The van der Waals surface area contributed by atoms with Gasteiger partial charge in [0.15, 0.2) is 18.7 Å². The first kappa shape index (κ1) is 49.6. The molecular weight excluding hydrogens is 758 g/mol. The summed E-state index contributed by atoms with van der Waals surface area (Å²) >= 11 is 0. The van der Waals surface area contributed by atoms with Gasteiger partial charge in [-0.1, -0.05) is 45.1 Å². The number of hydrogen-bond donors (Lipinski definition) is 3. The Labute approximate surface area is 343 Å². The number of rotatable bonds is 13. The minimum absolute atomic E-state index is 0.000517. The molecule has 0 amide bonds. The van der Waals surface area contributed by atoms with Crippen molar-refractivity contribution in [1.82, 2.24) is 4.90 Å². The fourth-order valence-electron chi connectivity index (χ4n) is 8.00. The molecule has 0 bridgehead atoms. The molecule has 0 spiro atoms. The molecule has 16 nitrogen and oxygen atoms in total. The van der Waals surface area contributed by atoms with Crippen molar-refractivity contribution in [2.75, 3.05) is 21.2 Å². The van der Waals surface area contributed by atoms with E-state index in [2.05, 4.69) is 0 Å². The van der Waals surface area contributed by atoms with Crippen LogP contribution >= 0.6 is 0 Å². The molecule has 16 atom stereocenters. The van der Waals surface area contributed by atoms with Gasteiger partial charge in [0.2, 0.25) is 0 Å². The zero-order valence-corrected chi connectivity index (χ0v) is 35.9. The number of methoxy groups -OCH3 is 1. The number of hydrogen-bond acceptors (Lipinski definition) is 16. The number of likely N-dealkylation sites (N-methyl/N-ethyl adjacent to an activating group) is 1. The average Bonchev–Trinajstić information content (AvgIpc) is 3.13. The van der Waals surface area contributed by atoms with Crippen LogP contribution in [0, 0.1) is 11.8 Å². The lowest BCUT2D eigenvalue weighted by Gasteiger charge is -2.50. The minimum atomic E-state index is -1.49. The van der Waals surface area contributed by atoms with Gasteiger partial charge in [0.05, 0.1) is 36.9 Å². The van der Waals surface area contributed by atoms with Crippen molar-refractivity contribution in [3.05, 3.63) is 24.3 Å². The molecule has 2 fully saturated rings. The summed E-state index contributed by atoms with van der Waals surface area (Å²) in [6, 6.07) is -0.779. The van der Waals surface area contributed by atoms with Gasteiger partial charge in [0.25, 0.3) is 0 Å². The summed E-state index contributed by atoms with van der Waals surface area (Å²) in [7, 11) is 4.87. The number of carbonyl (C=O) groups is 4. The number of allylic oxidation sites excluding steroid dienone is 2. The van der Waals surface area contributed by atoms with Crippen LogP contribution in [-0.2, 0) is 57.1 Å². The quantitative estimate of drug-likeness (QED) is 0.139. The molecule has 0 unspecified atom stereocenters. The van der Waals surface area contributed by atoms with Crippen molar-refractivity contribution in [2.24, 2.45) is 11.8 Å². The van der Waals surface area contributed by atoms with Gasteiger partial charge in [0.1, 0.15) is 42.4 Å². The molecule has 3 N–H and O–H groups in total. The summed E-state index contributed by atoms with van der Waals surface area (Å²) in [5.41, 5.74) is -1.49. The Morgan fingerprint density at radius 3 is 2.29 bits per heavy atom. The number of ether oxygens (including phenoxy) is 8. The molecule has 2 saturated heterocycles. The van der Waals surface area contributed by atoms with E-state index in [1.165, 1.54) is 7.11 Å². The monoisotopic (exact) mass is 827 g/mol. The number of aliphatic hydroxyl groups is 3. The maximum Gasteiger partial charge on any atom is 0.309 e. The Bertz CT molecular complexity index is 1370. The highest BCUT2D eigenvalue weighted by molar-refractivity contribution is 5.72. The molecule has 0 saturated carbocycles. The van der Waals surface area contributed by atoms with Gasteiger partial charge < -0.3 is 62.9 Å². The van der Waals surface area contributed by atoms with E-state index in [1.807, 2.05) is 19.9 Å². The molecule has 3 aliphatic rings. The number of cyclic esters (lactones) is 1. The number of aliphatic hydroxyl groups excluding tert-OH is 2. The number of esters is 3. The van der Waals surface area contributed by atoms with E-state index >= 15 is 0 Å². The maximum atomic E-state index is 13.3. The fourth-order valence-corrected chi connectivity index (χ4v) is 8.00. The van der Waals surface area contributed by atoms with Gasteiger partial charge in [-0.15, -0.1) is 0 Å². The van der Waals surface area contributed by atoms with E-state index in [0.717, 1.165) is 6.29 Å². The Morgan fingerprint density at radius 2 is 1.69 bits per heavy atom. The Balaban J connectivity index is 2.00. The van der Waals surface area contributed by atoms with Crippen molar-refractivity contribution >= 4 is 24.2 Å². The second-order valence-electron chi connectivity index (χ2n) is 16.3. The predicted molar refractivity (Wildman–Crippen MR) is 210 cm³/mol. The van der Waals surface area contributed by atoms with Crippen LogP contribution in [0.4, 0.5) is 0 Å². The molecule has 0 aromatic carbocycles. The summed E-state index contributed by atoms with van der Waals surface area (Å²) in [4.78, 5) is 52.5. The highest BCUT2D eigenvalue weighted by Gasteiger charge is 2.53. The second kappa shape index (κ2) is 23.3. The van der Waals surface area contributed by atoms with Crippen LogP contribution in [-0.4, -0.2) is 151 Å². The summed E-state index contributed by atoms with van der Waals surface area (Å²) in [5, 5.41) is 34.6. The van der Waals surface area contributed by atoms with Crippen molar-refractivity contribution in [3.63, 3.8) is 0 Å². The SMILES string of the molecule is CCCC(=O)O[C@H]1[C@H](C)O[C@H](O[C@H]2[C@H](N(C)C)[C@H](O)[C@H](O[C@H]3[C@@H](CC=O)C[C@@H](C)[C@@H](O)/C=C/C=C/C[C@@H](C)OC(=O)C[C@@H](OC(=O)CC)[C@@H]3OC)O[C@H]2C)C[C@@]1(C)O. The van der Waals surface area contributed by atoms with Gasteiger partial charge in [-0.3, -0.25) is 14.4 Å². The average molecular weight is 828 g/mol. The van der Waals surface area contributed by atoms with Crippen molar-refractivity contribution in [3.8, 4) is 0 Å². The highest BCUT2D eigenvalue weighted by atomic mass is 16.7. The molecule has 3 aliphatic heterocycles. The van der Waals surface area contributed by atoms with E-state index in [9.17, 15) is 34.5 Å². The van der Waals surface area contributed by atoms with Crippen LogP contribution in [0.15, 0.2) is 24.3 Å². The smallest absolute Gasteiger partial charge is 0.309 e. The van der Waals surface area contributed by atoms with Crippen LogP contribution in [0.3, 0.4) is 0 Å². The number of carbonyl (C=O) groups excluding carboxylic acids is 4. The molecule has 3 heterocycles. The number of aldehydes is 1. The Morgan fingerprint density at radius 1 is 0.983 bits per heavy atom. The van der Waals surface area contributed by atoms with E-state index in [0.29, 0.717) is 12.8 Å². The summed E-state index contributed by atoms with van der Waals surface area (Å²) in [5.74, 6) is -2.79. The molecule has 0 aromatic heterocycles. The lowest BCUT2D eigenvalue weighted by atomic mass is 9.82. The number of nitrogens with zero attached hydrogens (tertiary/aromatic N) is 1. The minimum Gasteiger partial charge on any atom is -0.462 e. The summed E-state index contributed by atoms with van der Waals surface area (Å²) in [6.45, 7) is 12.0. The van der Waals surface area contributed by atoms with Crippen LogP contribution in [0.1, 0.15) is 99.8 Å². The zero-order valence-electron chi connectivity index (χ0n) is 35.9. The first-order valence-electron chi connectivity index (χ1n) is 20.6. The molecule has 3 rings (SSSR count). The lowest BCUT2D eigenvalue weighted by molar-refractivity contribution is -0.344. The van der Waals surface area contributed by atoms with Gasteiger partial charge in [-0.05, 0) is 66.5 Å². The molecule has 16 heteroatoms. The first-order valence-corrected chi connectivity index (χ1v) is 20.6. The van der Waals surface area contributed by atoms with Gasteiger partial charge in [0, 0.05) is 39.2 Å². The molecule has 0 aliphatic carbocycles. The zero-order chi connectivity index (χ0) is 43.3. The van der Waals surface area contributed by atoms with Crippen molar-refractivity contribution in [1.29, 1.82) is 0 Å². The molecule has 0 aromatic rings. The van der Waals surface area contributed by atoms with Gasteiger partial charge >= 0.3 is 17.9 Å². The third-order valence-corrected chi connectivity index (χ3v) is 11.1. The molecule has 332 valence electrons. The van der Waals surface area contributed by atoms with E-state index in [-0.39, 0.29) is 32.1 Å². The summed E-state index contributed by atoms with van der Waals surface area (Å²) < 4.78 is 48.7. The lowest BCUT2D eigenvalue weighted by Crippen LogP contribution is -2.66. The third-order valence-electron chi connectivity index (χ3n) is 11.1. The Hall–Kier alpha value is -2.80. The van der Waals surface area contributed by atoms with Crippen LogP contribution < -0.4 is 0 Å². The van der Waals surface area contributed by atoms with E-state index in [1.54, 1.807) is 71.8 Å². The summed E-state index contributed by atoms with van der Waals surface area (Å²) in [6.07, 6.45) is -3.41. The second-order valence-corrected chi connectivity index (χ2v) is 16.3. The molecular formula is C42H69NO15. The predicted octanol–water partition coefficient (Wildman–Crippen LogP) is 3.16. The Kier molecular flexibility index (Phi) is 19.9. The van der Waals surface area contributed by atoms with Gasteiger partial charge in [-0.2, -0.15) is 0 Å². The topological polar surface area (TPSA) is 206 Å². The molecule has 0 radical (unpaired) electrons. The normalized spacial score (nSPS) is 40.6. The highest BCUT2D eigenvalue weighted by Crippen LogP contribution is 2.38. The standard InChI is InChI=1S/C42H69NO15/c1-11-16-32(47)56-40-27(6)53-34(23-42(40,7)50)57-37-26(5)54-41(36(49)35(37)43(8)9)58-38-28(19-20-44)21-24(3)29(45)18-15-13-14-17-25(4)52-33(48)22-30(39(38)51-10)55-31(46)12-2/h13-15,18,20,24-30,34-41,45,49-50H,11-12,16-17,19,21-23H2,1-10H3/b14-13+,18-15+/t24-,25-,26+,27+,28+,29+,30-,34-,35-,36+,37-,38+,39+,40+,41+,42-/m1/s1. The third kappa shape index (κ3) is 13.9. The van der Waals surface area contributed by atoms with Crippen molar-refractivity contribution < 1.29 is 72.4 Å². The molecule has 58 heavy (non-hydrogen) atoms. The largest absolute Gasteiger partial charge is 0.462 e. The fraction of sp³-hybridized carbons (Fsp3) is 0.810. The van der Waals surface area contributed by atoms with Crippen LogP contribution in [0.25, 0.3) is 0 Å². The van der Waals surface area contributed by atoms with Crippen molar-refractivity contribution in [2.45, 2.75) is 185 Å². The van der Waals surface area contributed by atoms with E-state index < -0.39 is 121 Å². The maximum absolute atomic E-state index is 13.3. The first-order chi connectivity index (χ1) is 27.4. The van der Waals surface area contributed by atoms with Crippen LogP contribution in [0.2, 0.25) is 0 Å². The van der Waals surface area contributed by atoms with Crippen LogP contribution in [0.5, 0.6) is 0 Å².